The quantitative estimate of drug-likeness (QED) is 0.698. The fourth-order valence-corrected chi connectivity index (χ4v) is 2.41. The van der Waals surface area contributed by atoms with Crippen LogP contribution in [0.4, 0.5) is 0 Å². The molecule has 2 N–H and O–H groups in total. The minimum absolute atomic E-state index is 0.219. The molecule has 0 aromatic carbocycles. The van der Waals surface area contributed by atoms with Crippen LogP contribution in [0.25, 0.3) is 0 Å². The van der Waals surface area contributed by atoms with Gasteiger partial charge in [-0.1, -0.05) is 32.6 Å². The molecule has 0 bridgehead atoms. The first-order valence-electron chi connectivity index (χ1n) is 6.72. The predicted octanol–water partition coefficient (Wildman–Crippen LogP) is 2.07. The van der Waals surface area contributed by atoms with E-state index in [0.717, 1.165) is 25.4 Å². The van der Waals surface area contributed by atoms with Crippen molar-refractivity contribution in [2.24, 2.45) is 5.92 Å². The van der Waals surface area contributed by atoms with Crippen molar-refractivity contribution >= 4 is 5.91 Å². The van der Waals surface area contributed by atoms with Crippen LogP contribution in [0.3, 0.4) is 0 Å². The van der Waals surface area contributed by atoms with Crippen LogP contribution in [0.1, 0.15) is 52.4 Å². The smallest absolute Gasteiger partial charge is 0.220 e. The third-order valence-electron chi connectivity index (χ3n) is 3.41. The monoisotopic (exact) mass is 226 g/mol. The molecule has 0 aromatic heterocycles. The van der Waals surface area contributed by atoms with Crippen LogP contribution in [0.2, 0.25) is 0 Å². The van der Waals surface area contributed by atoms with E-state index in [-0.39, 0.29) is 5.91 Å². The van der Waals surface area contributed by atoms with E-state index < -0.39 is 0 Å². The SMILES string of the molecule is CCN[C@H](C)CNC(=O)CCC1CCCC1. The standard InChI is InChI=1S/C13H26N2O/c1-3-14-11(2)10-15-13(16)9-8-12-6-4-5-7-12/h11-12,14H,3-10H2,1-2H3,(H,15,16)/t11-/m1/s1. The number of rotatable bonds is 7. The summed E-state index contributed by atoms with van der Waals surface area (Å²) in [6.45, 7) is 5.88. The van der Waals surface area contributed by atoms with Crippen LogP contribution in [-0.4, -0.2) is 25.0 Å². The average molecular weight is 226 g/mol. The largest absolute Gasteiger partial charge is 0.355 e. The highest BCUT2D eigenvalue weighted by atomic mass is 16.1. The molecule has 0 spiro atoms. The highest BCUT2D eigenvalue weighted by molar-refractivity contribution is 5.75. The summed E-state index contributed by atoms with van der Waals surface area (Å²) in [5.41, 5.74) is 0. The number of nitrogens with one attached hydrogen (secondary N) is 2. The molecule has 16 heavy (non-hydrogen) atoms. The van der Waals surface area contributed by atoms with E-state index >= 15 is 0 Å². The molecule has 0 radical (unpaired) electrons. The average Bonchev–Trinajstić information content (AvgIpc) is 2.77. The lowest BCUT2D eigenvalue weighted by Crippen LogP contribution is -2.38. The van der Waals surface area contributed by atoms with E-state index in [1.165, 1.54) is 25.7 Å². The summed E-state index contributed by atoms with van der Waals surface area (Å²) >= 11 is 0. The Hall–Kier alpha value is -0.570. The molecule has 0 heterocycles. The molecular formula is C13H26N2O. The summed E-state index contributed by atoms with van der Waals surface area (Å²) in [5.74, 6) is 1.04. The highest BCUT2D eigenvalue weighted by Gasteiger charge is 2.16. The predicted molar refractivity (Wildman–Crippen MR) is 67.3 cm³/mol. The Labute approximate surface area is 99.4 Å². The van der Waals surface area contributed by atoms with Gasteiger partial charge in [0.25, 0.3) is 0 Å². The molecule has 1 amide bonds. The summed E-state index contributed by atoms with van der Waals surface area (Å²) in [6, 6.07) is 0.375. The molecule has 3 heteroatoms. The van der Waals surface area contributed by atoms with Crippen molar-refractivity contribution in [1.29, 1.82) is 0 Å². The highest BCUT2D eigenvalue weighted by Crippen LogP contribution is 2.28. The van der Waals surface area contributed by atoms with Gasteiger partial charge in [0.15, 0.2) is 0 Å². The molecule has 1 aliphatic rings. The van der Waals surface area contributed by atoms with Gasteiger partial charge in [-0.3, -0.25) is 4.79 Å². The Bertz CT molecular complexity index is 200. The topological polar surface area (TPSA) is 41.1 Å². The van der Waals surface area contributed by atoms with Gasteiger partial charge in [0, 0.05) is 19.0 Å². The van der Waals surface area contributed by atoms with Gasteiger partial charge in [-0.25, -0.2) is 0 Å². The van der Waals surface area contributed by atoms with E-state index in [2.05, 4.69) is 24.5 Å². The van der Waals surface area contributed by atoms with Crippen molar-refractivity contribution in [2.45, 2.75) is 58.4 Å². The van der Waals surface area contributed by atoms with Crippen molar-refractivity contribution in [3.8, 4) is 0 Å². The van der Waals surface area contributed by atoms with Crippen LogP contribution in [0.5, 0.6) is 0 Å². The Morgan fingerprint density at radius 3 is 2.69 bits per heavy atom. The van der Waals surface area contributed by atoms with Gasteiger partial charge < -0.3 is 10.6 Å². The van der Waals surface area contributed by atoms with Gasteiger partial charge in [0.2, 0.25) is 5.91 Å². The second kappa shape index (κ2) is 7.66. The minimum atomic E-state index is 0.219. The Kier molecular flexibility index (Phi) is 6.46. The van der Waals surface area contributed by atoms with E-state index in [0.29, 0.717) is 12.5 Å². The van der Waals surface area contributed by atoms with Crippen molar-refractivity contribution in [3.63, 3.8) is 0 Å². The molecule has 1 aliphatic carbocycles. The normalized spacial score (nSPS) is 18.6. The van der Waals surface area contributed by atoms with Gasteiger partial charge in [-0.15, -0.1) is 0 Å². The Morgan fingerprint density at radius 2 is 2.06 bits per heavy atom. The molecular weight excluding hydrogens is 200 g/mol. The van der Waals surface area contributed by atoms with Crippen molar-refractivity contribution in [3.05, 3.63) is 0 Å². The van der Waals surface area contributed by atoms with E-state index in [4.69, 9.17) is 0 Å². The first-order chi connectivity index (χ1) is 7.72. The fraction of sp³-hybridized carbons (Fsp3) is 0.923. The molecule has 1 saturated carbocycles. The maximum Gasteiger partial charge on any atom is 0.220 e. The van der Waals surface area contributed by atoms with Crippen LogP contribution in [0.15, 0.2) is 0 Å². The molecule has 0 unspecified atom stereocenters. The van der Waals surface area contributed by atoms with Crippen LogP contribution < -0.4 is 10.6 Å². The molecule has 1 rings (SSSR count). The summed E-state index contributed by atoms with van der Waals surface area (Å²) in [4.78, 5) is 11.6. The zero-order valence-corrected chi connectivity index (χ0v) is 10.7. The van der Waals surface area contributed by atoms with Gasteiger partial charge in [0.05, 0.1) is 0 Å². The van der Waals surface area contributed by atoms with E-state index in [1.807, 2.05) is 0 Å². The third kappa shape index (κ3) is 5.50. The molecule has 0 aliphatic heterocycles. The number of carbonyl (C=O) groups excluding carboxylic acids is 1. The van der Waals surface area contributed by atoms with Gasteiger partial charge in [-0.05, 0) is 25.8 Å². The number of hydrogen-bond acceptors (Lipinski definition) is 2. The van der Waals surface area contributed by atoms with E-state index in [1.54, 1.807) is 0 Å². The maximum absolute atomic E-state index is 11.6. The molecule has 94 valence electrons. The van der Waals surface area contributed by atoms with Crippen LogP contribution in [-0.2, 0) is 4.79 Å². The Balaban J connectivity index is 2.01. The summed E-state index contributed by atoms with van der Waals surface area (Å²) in [6.07, 6.45) is 7.19. The summed E-state index contributed by atoms with van der Waals surface area (Å²) < 4.78 is 0. The number of likely N-dealkylation sites (N-methyl/N-ethyl adjacent to an activating group) is 1. The second-order valence-corrected chi connectivity index (χ2v) is 4.95. The maximum atomic E-state index is 11.6. The lowest BCUT2D eigenvalue weighted by atomic mass is 10.0. The lowest BCUT2D eigenvalue weighted by Gasteiger charge is -2.14. The summed E-state index contributed by atoms with van der Waals surface area (Å²) in [5, 5.41) is 6.27. The lowest BCUT2D eigenvalue weighted by molar-refractivity contribution is -0.121. The fourth-order valence-electron chi connectivity index (χ4n) is 2.41. The van der Waals surface area contributed by atoms with Crippen molar-refractivity contribution < 1.29 is 4.79 Å². The van der Waals surface area contributed by atoms with Crippen LogP contribution >= 0.6 is 0 Å². The number of hydrogen-bond donors (Lipinski definition) is 2. The number of amides is 1. The molecule has 1 fully saturated rings. The summed E-state index contributed by atoms with van der Waals surface area (Å²) in [7, 11) is 0. The zero-order valence-electron chi connectivity index (χ0n) is 10.7. The molecule has 0 aromatic rings. The number of carbonyl (C=O) groups is 1. The van der Waals surface area contributed by atoms with Gasteiger partial charge in [-0.2, -0.15) is 0 Å². The molecule has 3 nitrogen and oxygen atoms in total. The third-order valence-corrected chi connectivity index (χ3v) is 3.41. The first-order valence-corrected chi connectivity index (χ1v) is 6.72. The zero-order chi connectivity index (χ0) is 11.8. The van der Waals surface area contributed by atoms with Crippen molar-refractivity contribution in [2.75, 3.05) is 13.1 Å². The van der Waals surface area contributed by atoms with Crippen LogP contribution in [0, 0.1) is 5.92 Å². The van der Waals surface area contributed by atoms with Gasteiger partial charge in [0.1, 0.15) is 0 Å². The first kappa shape index (κ1) is 13.5. The second-order valence-electron chi connectivity index (χ2n) is 4.95. The molecule has 0 saturated heterocycles. The molecule has 1 atom stereocenters. The van der Waals surface area contributed by atoms with E-state index in [9.17, 15) is 4.79 Å². The minimum Gasteiger partial charge on any atom is -0.355 e. The van der Waals surface area contributed by atoms with Crippen molar-refractivity contribution in [1.82, 2.24) is 10.6 Å². The Morgan fingerprint density at radius 1 is 1.38 bits per heavy atom. The van der Waals surface area contributed by atoms with Gasteiger partial charge >= 0.3 is 0 Å².